The van der Waals surface area contributed by atoms with Gasteiger partial charge in [0.2, 0.25) is 0 Å². The number of nitrogens with one attached hydrogen (secondary N) is 1. The number of hydrogen-bond acceptors (Lipinski definition) is 5. The van der Waals surface area contributed by atoms with E-state index < -0.39 is 24.4 Å². The van der Waals surface area contributed by atoms with Crippen molar-refractivity contribution < 1.29 is 20.1 Å². The third-order valence-corrected chi connectivity index (χ3v) is 2.29. The van der Waals surface area contributed by atoms with Crippen molar-refractivity contribution in [2.45, 2.75) is 24.4 Å². The van der Waals surface area contributed by atoms with Crippen molar-refractivity contribution in [1.29, 1.82) is 5.41 Å². The molecular formula is C6H10NO4Se. The molecule has 1 radical (unpaired) electrons. The molecule has 0 amide bonds. The molecule has 1 saturated heterocycles. The first-order valence-corrected chi connectivity index (χ1v) is 4.31. The third-order valence-electron chi connectivity index (χ3n) is 1.80. The van der Waals surface area contributed by atoms with Gasteiger partial charge >= 0.3 is 77.1 Å². The molecule has 12 heavy (non-hydrogen) atoms. The van der Waals surface area contributed by atoms with Crippen LogP contribution in [-0.2, 0) is 4.74 Å². The van der Waals surface area contributed by atoms with Crippen molar-refractivity contribution in [3.05, 3.63) is 0 Å². The molecule has 0 bridgehead atoms. The minimum absolute atomic E-state index is 0.0255. The molecule has 5 nitrogen and oxygen atoms in total. The molecule has 1 aliphatic rings. The van der Waals surface area contributed by atoms with E-state index in [0.29, 0.717) is 0 Å². The van der Waals surface area contributed by atoms with E-state index >= 15 is 0 Å². The topological polar surface area (TPSA) is 93.8 Å². The summed E-state index contributed by atoms with van der Waals surface area (Å²) in [5.74, 6) is 0. The first kappa shape index (κ1) is 10.1. The molecule has 0 aliphatic carbocycles. The van der Waals surface area contributed by atoms with Crippen LogP contribution in [0.4, 0.5) is 0 Å². The van der Waals surface area contributed by atoms with Crippen LogP contribution in [0.15, 0.2) is 0 Å². The van der Waals surface area contributed by atoms with Gasteiger partial charge in [-0.3, -0.25) is 0 Å². The van der Waals surface area contributed by atoms with E-state index in [2.05, 4.69) is 16.0 Å². The van der Waals surface area contributed by atoms with Gasteiger partial charge in [0.25, 0.3) is 0 Å². The summed E-state index contributed by atoms with van der Waals surface area (Å²) in [7, 11) is 0. The predicted octanol–water partition coefficient (Wildman–Crippen LogP) is -2.39. The normalized spacial score (nSPS) is 41.6. The summed E-state index contributed by atoms with van der Waals surface area (Å²) in [5.41, 5.74) is 0. The number of hydrogen-bond donors (Lipinski definition) is 4. The Balaban J connectivity index is 2.66. The zero-order valence-corrected chi connectivity index (χ0v) is 7.89. The summed E-state index contributed by atoms with van der Waals surface area (Å²) in [6, 6.07) is 0. The average molecular weight is 239 g/mol. The van der Waals surface area contributed by atoms with Gasteiger partial charge in [-0.15, -0.1) is 0 Å². The van der Waals surface area contributed by atoms with Crippen LogP contribution in [0.5, 0.6) is 0 Å². The summed E-state index contributed by atoms with van der Waals surface area (Å²) >= 11 is 2.38. The van der Waals surface area contributed by atoms with Gasteiger partial charge in [0, 0.05) is 0 Å². The second-order valence-electron chi connectivity index (χ2n) is 2.62. The molecule has 4 N–H and O–H groups in total. The van der Waals surface area contributed by atoms with Crippen LogP contribution in [0.3, 0.4) is 0 Å². The van der Waals surface area contributed by atoms with Crippen molar-refractivity contribution in [2.24, 2.45) is 0 Å². The second kappa shape index (κ2) is 3.83. The number of aliphatic hydroxyl groups excluding tert-OH is 3. The minimum atomic E-state index is -1.13. The van der Waals surface area contributed by atoms with Gasteiger partial charge in [0.05, 0.1) is 0 Å². The van der Waals surface area contributed by atoms with Gasteiger partial charge in [-0.25, -0.2) is 0 Å². The van der Waals surface area contributed by atoms with Crippen LogP contribution in [0.1, 0.15) is 0 Å². The molecule has 0 unspecified atom stereocenters. The Hall–Kier alpha value is 0.0295. The molecule has 69 valence electrons. The molecule has 0 aromatic heterocycles. The molecule has 1 aliphatic heterocycles. The molecule has 0 spiro atoms. The molecular weight excluding hydrogens is 229 g/mol. The molecule has 4 atom stereocenters. The molecule has 1 fully saturated rings. The average Bonchev–Trinajstić information content (AvgIpc) is 2.30. The van der Waals surface area contributed by atoms with Gasteiger partial charge in [-0.2, -0.15) is 0 Å². The van der Waals surface area contributed by atoms with E-state index in [4.69, 9.17) is 15.3 Å². The maximum atomic E-state index is 9.28. The quantitative estimate of drug-likeness (QED) is 0.319. The van der Waals surface area contributed by atoms with Gasteiger partial charge in [-0.1, -0.05) is 0 Å². The van der Waals surface area contributed by atoms with Crippen molar-refractivity contribution in [1.82, 2.24) is 0 Å². The van der Waals surface area contributed by atoms with Crippen molar-refractivity contribution in [2.75, 3.05) is 6.61 Å². The Morgan fingerprint density at radius 3 is 2.25 bits per heavy atom. The van der Waals surface area contributed by atoms with E-state index in [0.717, 1.165) is 0 Å². The zero-order chi connectivity index (χ0) is 9.30. The Kier molecular flexibility index (Phi) is 3.22. The van der Waals surface area contributed by atoms with E-state index in [1.54, 1.807) is 0 Å². The van der Waals surface area contributed by atoms with Crippen molar-refractivity contribution >= 4 is 20.6 Å². The van der Waals surface area contributed by atoms with Crippen molar-refractivity contribution in [3.8, 4) is 0 Å². The van der Waals surface area contributed by atoms with Crippen LogP contribution in [0.2, 0.25) is 0 Å². The summed E-state index contributed by atoms with van der Waals surface area (Å²) < 4.78 is 5.02. The fourth-order valence-electron chi connectivity index (χ4n) is 1.12. The van der Waals surface area contributed by atoms with Crippen LogP contribution < -0.4 is 0 Å². The Labute approximate surface area is 77.7 Å². The standard InChI is InChI=1S/C6H10NO4Se/c7-6(12)5-4(10)3(9)2(1-8)11-5/h2-5,7-10H,1H2/t2-,3-,4-,5-/m1/s1. The van der Waals surface area contributed by atoms with E-state index in [1.165, 1.54) is 0 Å². The van der Waals surface area contributed by atoms with Crippen LogP contribution in [-0.4, -0.2) is 67.0 Å². The summed E-state index contributed by atoms with van der Waals surface area (Å²) in [6.45, 7) is -0.359. The van der Waals surface area contributed by atoms with Crippen LogP contribution >= 0.6 is 0 Å². The first-order chi connectivity index (χ1) is 5.57. The Morgan fingerprint density at radius 1 is 1.42 bits per heavy atom. The fraction of sp³-hybridized carbons (Fsp3) is 0.833. The third kappa shape index (κ3) is 1.68. The summed E-state index contributed by atoms with van der Waals surface area (Å²) in [5, 5.41) is 34.3. The maximum absolute atomic E-state index is 9.28. The van der Waals surface area contributed by atoms with E-state index in [-0.39, 0.29) is 11.2 Å². The SMILES string of the molecule is N=C([Se])[C@@H]1O[C@H](CO)[C@@H](O)[C@H]1O. The van der Waals surface area contributed by atoms with Gasteiger partial charge in [0.1, 0.15) is 0 Å². The summed E-state index contributed by atoms with van der Waals surface area (Å²) in [4.78, 5) is 0. The molecule has 6 heteroatoms. The molecule has 0 aromatic carbocycles. The molecule has 1 rings (SSSR count). The summed E-state index contributed by atoms with van der Waals surface area (Å²) in [6.07, 6.45) is -3.87. The first-order valence-electron chi connectivity index (χ1n) is 3.46. The number of ether oxygens (including phenoxy) is 1. The second-order valence-corrected chi connectivity index (χ2v) is 3.55. The van der Waals surface area contributed by atoms with Crippen LogP contribution in [0, 0.1) is 5.41 Å². The fourth-order valence-corrected chi connectivity index (χ4v) is 1.53. The van der Waals surface area contributed by atoms with Crippen LogP contribution in [0.25, 0.3) is 0 Å². The molecule has 0 aromatic rings. The number of rotatable bonds is 2. The number of aliphatic hydroxyl groups is 3. The molecule has 0 saturated carbocycles. The van der Waals surface area contributed by atoms with E-state index in [1.807, 2.05) is 0 Å². The van der Waals surface area contributed by atoms with Gasteiger partial charge in [0.15, 0.2) is 0 Å². The monoisotopic (exact) mass is 240 g/mol. The van der Waals surface area contributed by atoms with Gasteiger partial charge in [-0.05, 0) is 0 Å². The molecule has 1 heterocycles. The van der Waals surface area contributed by atoms with Gasteiger partial charge < -0.3 is 0 Å². The Morgan fingerprint density at radius 2 is 2.00 bits per heavy atom. The predicted molar refractivity (Wildman–Crippen MR) is 41.2 cm³/mol. The zero-order valence-electron chi connectivity index (χ0n) is 6.17. The van der Waals surface area contributed by atoms with E-state index in [9.17, 15) is 10.2 Å². The Bertz CT molecular complexity index is 188. The van der Waals surface area contributed by atoms with Crippen molar-refractivity contribution in [3.63, 3.8) is 0 Å².